The molecule has 0 bridgehead atoms. The Balaban J connectivity index is 1.59. The second-order valence-corrected chi connectivity index (χ2v) is 9.22. The Kier molecular flexibility index (Phi) is 9.70. The first-order valence-corrected chi connectivity index (χ1v) is 12.2. The van der Waals surface area contributed by atoms with Crippen LogP contribution in [0.3, 0.4) is 0 Å². The van der Waals surface area contributed by atoms with E-state index in [0.717, 1.165) is 12.1 Å². The zero-order chi connectivity index (χ0) is 26.2. The predicted molar refractivity (Wildman–Crippen MR) is 134 cm³/mol. The molecule has 0 radical (unpaired) electrons. The number of ether oxygens (including phenoxy) is 1. The van der Waals surface area contributed by atoms with Crippen LogP contribution in [-0.4, -0.2) is 48.2 Å². The molecule has 1 unspecified atom stereocenters. The van der Waals surface area contributed by atoms with Gasteiger partial charge >= 0.3 is 5.97 Å². The van der Waals surface area contributed by atoms with Crippen LogP contribution in [0.2, 0.25) is 0 Å². The molecule has 8 heteroatoms. The van der Waals surface area contributed by atoms with Gasteiger partial charge in [-0.05, 0) is 99.1 Å². The molecular weight excluding hydrogens is 469 g/mol. The topological polar surface area (TPSA) is 62.7 Å². The molecule has 0 saturated carbocycles. The molecule has 2 aromatic carbocycles. The van der Waals surface area contributed by atoms with E-state index >= 15 is 0 Å². The summed E-state index contributed by atoms with van der Waals surface area (Å²) in [5.41, 5.74) is 1.50. The van der Waals surface area contributed by atoms with Crippen LogP contribution in [0.25, 0.3) is 10.9 Å². The first-order chi connectivity index (χ1) is 17.2. The van der Waals surface area contributed by atoms with Gasteiger partial charge in [-0.15, -0.1) is 0 Å². The number of aryl methyl sites for hydroxylation is 1. The standard InChI is InChI=1S/C28H33F3N2O3/c1-4-18(23-14-20(29)8-10-25(23)30)12-13-33(2)17-19(28(34)35)6-5-7-22-24-15-21(36-3)9-11-27(24)32-16-26(22)31/h8-11,14-16,18-19H,4-7,12-13,17H2,1-3H3,(H,34,35)/t18?,19-/m0/s1. The molecule has 194 valence electrons. The number of aromatic nitrogens is 1. The number of pyridine rings is 1. The van der Waals surface area contributed by atoms with E-state index in [1.807, 2.05) is 18.9 Å². The number of hydrogen-bond donors (Lipinski definition) is 1. The number of methoxy groups -OCH3 is 1. The van der Waals surface area contributed by atoms with Crippen molar-refractivity contribution in [3.8, 4) is 5.75 Å². The molecule has 0 aliphatic carbocycles. The maximum atomic E-state index is 14.6. The van der Waals surface area contributed by atoms with Crippen LogP contribution in [0.4, 0.5) is 13.2 Å². The fraction of sp³-hybridized carbons (Fsp3) is 0.429. The molecule has 3 aromatic rings. The van der Waals surface area contributed by atoms with E-state index in [1.54, 1.807) is 25.3 Å². The summed E-state index contributed by atoms with van der Waals surface area (Å²) < 4.78 is 47.6. The zero-order valence-corrected chi connectivity index (χ0v) is 20.9. The van der Waals surface area contributed by atoms with Gasteiger partial charge in [-0.2, -0.15) is 0 Å². The first kappa shape index (κ1) is 27.5. The fourth-order valence-electron chi connectivity index (χ4n) is 4.65. The summed E-state index contributed by atoms with van der Waals surface area (Å²) in [6, 6.07) is 8.76. The monoisotopic (exact) mass is 502 g/mol. The Bertz CT molecular complexity index is 1190. The summed E-state index contributed by atoms with van der Waals surface area (Å²) in [5, 5.41) is 10.4. The molecular formula is C28H33F3N2O3. The summed E-state index contributed by atoms with van der Waals surface area (Å²) in [7, 11) is 3.37. The molecule has 2 atom stereocenters. The van der Waals surface area contributed by atoms with Crippen LogP contribution in [-0.2, 0) is 11.2 Å². The van der Waals surface area contributed by atoms with Gasteiger partial charge in [0.05, 0.1) is 24.7 Å². The van der Waals surface area contributed by atoms with Gasteiger partial charge in [-0.1, -0.05) is 6.92 Å². The SMILES string of the molecule is CCC(CCN(C)C[C@H](CCCc1c(F)cnc2ccc(OC)cc12)C(=O)O)c1cc(F)ccc1F. The summed E-state index contributed by atoms with van der Waals surface area (Å²) in [5.74, 6) is -2.42. The van der Waals surface area contributed by atoms with Gasteiger partial charge in [-0.3, -0.25) is 9.78 Å². The van der Waals surface area contributed by atoms with Crippen LogP contribution in [0.1, 0.15) is 49.7 Å². The maximum Gasteiger partial charge on any atom is 0.307 e. The number of carbonyl (C=O) groups is 1. The quantitative estimate of drug-likeness (QED) is 0.302. The number of fused-ring (bicyclic) bond motifs is 1. The van der Waals surface area contributed by atoms with Gasteiger partial charge in [0.25, 0.3) is 0 Å². The zero-order valence-electron chi connectivity index (χ0n) is 20.9. The smallest absolute Gasteiger partial charge is 0.307 e. The van der Waals surface area contributed by atoms with Crippen molar-refractivity contribution < 1.29 is 27.8 Å². The van der Waals surface area contributed by atoms with E-state index in [9.17, 15) is 23.1 Å². The van der Waals surface area contributed by atoms with Gasteiger partial charge in [0.15, 0.2) is 0 Å². The number of carboxylic acid groups (broad SMARTS) is 1. The number of aliphatic carboxylic acids is 1. The van der Waals surface area contributed by atoms with Crippen LogP contribution in [0, 0.1) is 23.4 Å². The molecule has 3 rings (SSSR count). The minimum Gasteiger partial charge on any atom is -0.497 e. The largest absolute Gasteiger partial charge is 0.497 e. The fourth-order valence-corrected chi connectivity index (χ4v) is 4.65. The highest BCUT2D eigenvalue weighted by Gasteiger charge is 2.22. The first-order valence-electron chi connectivity index (χ1n) is 12.2. The second-order valence-electron chi connectivity index (χ2n) is 9.22. The summed E-state index contributed by atoms with van der Waals surface area (Å²) >= 11 is 0. The van der Waals surface area contributed by atoms with Gasteiger partial charge in [0.1, 0.15) is 23.2 Å². The lowest BCUT2D eigenvalue weighted by molar-refractivity contribution is -0.142. The van der Waals surface area contributed by atoms with E-state index in [4.69, 9.17) is 4.74 Å². The highest BCUT2D eigenvalue weighted by molar-refractivity contribution is 5.83. The van der Waals surface area contributed by atoms with E-state index in [-0.39, 0.29) is 5.92 Å². The van der Waals surface area contributed by atoms with E-state index in [0.29, 0.717) is 73.0 Å². The average molecular weight is 503 g/mol. The molecule has 0 fully saturated rings. The molecule has 1 N–H and O–H groups in total. The highest BCUT2D eigenvalue weighted by atomic mass is 19.1. The highest BCUT2D eigenvalue weighted by Crippen LogP contribution is 2.28. The lowest BCUT2D eigenvalue weighted by Gasteiger charge is -2.24. The molecule has 0 aliphatic heterocycles. The molecule has 1 heterocycles. The third-order valence-electron chi connectivity index (χ3n) is 6.74. The molecule has 36 heavy (non-hydrogen) atoms. The lowest BCUT2D eigenvalue weighted by Crippen LogP contribution is -2.32. The van der Waals surface area contributed by atoms with Crippen molar-refractivity contribution in [1.29, 1.82) is 0 Å². The van der Waals surface area contributed by atoms with Crippen LogP contribution >= 0.6 is 0 Å². The number of halogens is 3. The Labute approximate surface area is 209 Å². The van der Waals surface area contributed by atoms with Crippen LogP contribution in [0.15, 0.2) is 42.6 Å². The minimum atomic E-state index is -0.910. The van der Waals surface area contributed by atoms with Gasteiger partial charge < -0.3 is 14.7 Å². The molecule has 0 spiro atoms. The normalized spacial score (nSPS) is 13.2. The Hall–Kier alpha value is -3.13. The minimum absolute atomic E-state index is 0.161. The average Bonchev–Trinajstić information content (AvgIpc) is 2.86. The number of rotatable bonds is 13. The number of hydrogen-bond acceptors (Lipinski definition) is 4. The third-order valence-corrected chi connectivity index (χ3v) is 6.74. The number of carboxylic acids is 1. The van der Waals surface area contributed by atoms with Crippen molar-refractivity contribution in [2.45, 2.75) is 44.9 Å². The van der Waals surface area contributed by atoms with Gasteiger partial charge in [-0.25, -0.2) is 13.2 Å². The van der Waals surface area contributed by atoms with Crippen LogP contribution < -0.4 is 4.74 Å². The molecule has 1 aromatic heterocycles. The van der Waals surface area contributed by atoms with E-state index in [1.165, 1.54) is 12.3 Å². The molecule has 5 nitrogen and oxygen atoms in total. The second kappa shape index (κ2) is 12.7. The predicted octanol–water partition coefficient (Wildman–Crippen LogP) is 6.20. The molecule has 0 aliphatic rings. The summed E-state index contributed by atoms with van der Waals surface area (Å²) in [6.45, 7) is 2.78. The van der Waals surface area contributed by atoms with E-state index in [2.05, 4.69) is 4.98 Å². The van der Waals surface area contributed by atoms with Gasteiger partial charge in [0.2, 0.25) is 0 Å². The molecule has 0 amide bonds. The number of nitrogens with zero attached hydrogens (tertiary/aromatic N) is 2. The van der Waals surface area contributed by atoms with Crippen molar-refractivity contribution in [3.63, 3.8) is 0 Å². The summed E-state index contributed by atoms with van der Waals surface area (Å²) in [6.07, 6.45) is 3.66. The third kappa shape index (κ3) is 6.97. The van der Waals surface area contributed by atoms with Crippen molar-refractivity contribution in [3.05, 3.63) is 71.2 Å². The van der Waals surface area contributed by atoms with Crippen molar-refractivity contribution in [2.75, 3.05) is 27.2 Å². The summed E-state index contributed by atoms with van der Waals surface area (Å²) in [4.78, 5) is 18.0. The van der Waals surface area contributed by atoms with Crippen LogP contribution in [0.5, 0.6) is 5.75 Å². The van der Waals surface area contributed by atoms with Gasteiger partial charge in [0, 0.05) is 11.9 Å². The maximum absolute atomic E-state index is 14.6. The van der Waals surface area contributed by atoms with E-state index < -0.39 is 29.3 Å². The molecule has 0 saturated heterocycles. The van der Waals surface area contributed by atoms with Crippen molar-refractivity contribution in [1.82, 2.24) is 9.88 Å². The van der Waals surface area contributed by atoms with Crippen molar-refractivity contribution >= 4 is 16.9 Å². The number of benzene rings is 2. The van der Waals surface area contributed by atoms with Crippen molar-refractivity contribution in [2.24, 2.45) is 5.92 Å². The Morgan fingerprint density at radius 3 is 2.58 bits per heavy atom. The Morgan fingerprint density at radius 2 is 1.89 bits per heavy atom. The lowest BCUT2D eigenvalue weighted by atomic mass is 9.92. The Morgan fingerprint density at radius 1 is 1.11 bits per heavy atom.